The van der Waals surface area contributed by atoms with Crippen LogP contribution in [0.25, 0.3) is 0 Å². The zero-order valence-corrected chi connectivity index (χ0v) is 7.88. The Balaban J connectivity index is 4.75. The fourth-order valence-electron chi connectivity index (χ4n) is 0.726. The standard InChI is InChI=1S/C8H17N5/c1-2-13(12)8(4-3-5-9)7(11)6-10/h2,5-6,9-12H2,1H3/b8-7-. The molecule has 0 aliphatic carbocycles. The molecule has 0 amide bonds. The third-order valence-electron chi connectivity index (χ3n) is 1.46. The number of nitrogens with zero attached hydrogens (tertiary/aromatic N) is 1. The van der Waals surface area contributed by atoms with E-state index in [1.807, 2.05) is 6.92 Å². The molecular weight excluding hydrogens is 166 g/mol. The molecule has 0 atom stereocenters. The number of rotatable bonds is 3. The maximum Gasteiger partial charge on any atom is 0.122 e. The van der Waals surface area contributed by atoms with Gasteiger partial charge in [-0.25, -0.2) is 5.84 Å². The predicted octanol–water partition coefficient (Wildman–Crippen LogP) is -1.73. The highest BCUT2D eigenvalue weighted by molar-refractivity contribution is 5.31. The SMILES string of the molecule is CCN(N)/C(C#CCN)=C(\N)CN. The summed E-state index contributed by atoms with van der Waals surface area (Å²) in [7, 11) is 0. The molecule has 0 saturated heterocycles. The second-order valence-corrected chi connectivity index (χ2v) is 2.37. The van der Waals surface area contributed by atoms with Crippen LogP contribution in [0.2, 0.25) is 0 Å². The Morgan fingerprint density at radius 3 is 2.38 bits per heavy atom. The van der Waals surface area contributed by atoms with Gasteiger partial charge in [-0.15, -0.1) is 0 Å². The van der Waals surface area contributed by atoms with Gasteiger partial charge in [-0.3, -0.25) is 0 Å². The van der Waals surface area contributed by atoms with E-state index in [2.05, 4.69) is 11.8 Å². The molecule has 0 bridgehead atoms. The van der Waals surface area contributed by atoms with E-state index in [1.54, 1.807) is 0 Å². The van der Waals surface area contributed by atoms with Gasteiger partial charge in [0, 0.05) is 13.1 Å². The Morgan fingerprint density at radius 2 is 2.00 bits per heavy atom. The summed E-state index contributed by atoms with van der Waals surface area (Å²) in [6.07, 6.45) is 0. The Kier molecular flexibility index (Phi) is 5.72. The van der Waals surface area contributed by atoms with Crippen LogP contribution >= 0.6 is 0 Å². The molecule has 8 N–H and O–H groups in total. The Labute approximate surface area is 78.7 Å². The highest BCUT2D eigenvalue weighted by atomic mass is 15.4. The van der Waals surface area contributed by atoms with Gasteiger partial charge in [-0.05, 0) is 12.8 Å². The van der Waals surface area contributed by atoms with Gasteiger partial charge in [0.05, 0.1) is 12.2 Å². The second kappa shape index (κ2) is 6.31. The van der Waals surface area contributed by atoms with Crippen LogP contribution in [0.1, 0.15) is 6.92 Å². The number of nitrogens with two attached hydrogens (primary N) is 4. The Morgan fingerprint density at radius 1 is 1.38 bits per heavy atom. The van der Waals surface area contributed by atoms with Crippen LogP contribution in [0, 0.1) is 11.8 Å². The number of allylic oxidation sites excluding steroid dienone is 1. The first kappa shape index (κ1) is 11.8. The van der Waals surface area contributed by atoms with Gasteiger partial charge in [0.15, 0.2) is 0 Å². The normalized spacial score (nSPS) is 11.4. The van der Waals surface area contributed by atoms with E-state index in [1.165, 1.54) is 5.01 Å². The molecule has 0 unspecified atom stereocenters. The minimum atomic E-state index is 0.238. The maximum absolute atomic E-state index is 5.63. The summed E-state index contributed by atoms with van der Waals surface area (Å²) < 4.78 is 0. The number of hydrogen-bond donors (Lipinski definition) is 4. The lowest BCUT2D eigenvalue weighted by Crippen LogP contribution is -2.33. The third-order valence-corrected chi connectivity index (χ3v) is 1.46. The first-order valence-corrected chi connectivity index (χ1v) is 4.07. The molecule has 0 aromatic heterocycles. The van der Waals surface area contributed by atoms with Crippen molar-refractivity contribution in [2.45, 2.75) is 6.92 Å². The van der Waals surface area contributed by atoms with Gasteiger partial charge in [-0.1, -0.05) is 5.92 Å². The summed E-state index contributed by atoms with van der Waals surface area (Å²) >= 11 is 0. The molecule has 0 aromatic rings. The van der Waals surface area contributed by atoms with Crippen molar-refractivity contribution in [1.29, 1.82) is 0 Å². The minimum absolute atomic E-state index is 0.238. The van der Waals surface area contributed by atoms with Gasteiger partial charge >= 0.3 is 0 Å². The average Bonchev–Trinajstić information content (AvgIpc) is 2.17. The summed E-state index contributed by atoms with van der Waals surface area (Å²) in [5, 5.41) is 1.45. The van der Waals surface area contributed by atoms with Gasteiger partial charge in [-0.2, -0.15) is 0 Å². The molecule has 0 spiro atoms. The van der Waals surface area contributed by atoms with Gasteiger partial charge in [0.2, 0.25) is 0 Å². The fourth-order valence-corrected chi connectivity index (χ4v) is 0.726. The largest absolute Gasteiger partial charge is 0.399 e. The molecule has 5 heteroatoms. The van der Waals surface area contributed by atoms with Crippen LogP contribution in [0.4, 0.5) is 0 Å². The molecule has 0 aliphatic heterocycles. The van der Waals surface area contributed by atoms with Crippen LogP contribution in [0.3, 0.4) is 0 Å². The average molecular weight is 183 g/mol. The molecule has 0 aliphatic rings. The molecule has 13 heavy (non-hydrogen) atoms. The maximum atomic E-state index is 5.63. The molecule has 0 radical (unpaired) electrons. The van der Waals surface area contributed by atoms with E-state index in [4.69, 9.17) is 23.0 Å². The van der Waals surface area contributed by atoms with Crippen molar-refractivity contribution in [2.75, 3.05) is 19.6 Å². The first-order chi connectivity index (χ1) is 6.17. The zero-order chi connectivity index (χ0) is 10.3. The summed E-state index contributed by atoms with van der Waals surface area (Å²) in [5.41, 5.74) is 17.3. The Bertz CT molecular complexity index is 235. The second-order valence-electron chi connectivity index (χ2n) is 2.37. The van der Waals surface area contributed by atoms with E-state index in [-0.39, 0.29) is 13.1 Å². The lowest BCUT2D eigenvalue weighted by atomic mass is 10.3. The smallest absolute Gasteiger partial charge is 0.122 e. The molecule has 0 rings (SSSR count). The van der Waals surface area contributed by atoms with Crippen molar-refractivity contribution < 1.29 is 0 Å². The van der Waals surface area contributed by atoms with Crippen LogP contribution < -0.4 is 23.0 Å². The van der Waals surface area contributed by atoms with Crippen LogP contribution in [-0.4, -0.2) is 24.6 Å². The van der Waals surface area contributed by atoms with Crippen LogP contribution in [0.15, 0.2) is 11.4 Å². The van der Waals surface area contributed by atoms with Gasteiger partial charge in [0.25, 0.3) is 0 Å². The van der Waals surface area contributed by atoms with Crippen LogP contribution in [0.5, 0.6) is 0 Å². The third kappa shape index (κ3) is 3.80. The van der Waals surface area contributed by atoms with E-state index < -0.39 is 0 Å². The van der Waals surface area contributed by atoms with Gasteiger partial charge in [0.1, 0.15) is 5.70 Å². The zero-order valence-electron chi connectivity index (χ0n) is 7.88. The van der Waals surface area contributed by atoms with E-state index in [0.29, 0.717) is 17.9 Å². The highest BCUT2D eigenvalue weighted by Gasteiger charge is 2.03. The van der Waals surface area contributed by atoms with Crippen molar-refractivity contribution in [3.05, 3.63) is 11.4 Å². The summed E-state index contributed by atoms with van der Waals surface area (Å²) in [4.78, 5) is 0. The summed E-state index contributed by atoms with van der Waals surface area (Å²) in [5.74, 6) is 11.1. The fraction of sp³-hybridized carbons (Fsp3) is 0.500. The van der Waals surface area contributed by atoms with E-state index in [0.717, 1.165) is 0 Å². The van der Waals surface area contributed by atoms with Crippen molar-refractivity contribution in [1.82, 2.24) is 5.01 Å². The lowest BCUT2D eigenvalue weighted by molar-refractivity contribution is 0.390. The molecular formula is C8H17N5. The topological polar surface area (TPSA) is 107 Å². The van der Waals surface area contributed by atoms with E-state index in [9.17, 15) is 0 Å². The molecule has 74 valence electrons. The molecule has 5 nitrogen and oxygen atoms in total. The molecule has 0 fully saturated rings. The summed E-state index contributed by atoms with van der Waals surface area (Å²) in [6.45, 7) is 3.03. The van der Waals surface area contributed by atoms with E-state index >= 15 is 0 Å². The van der Waals surface area contributed by atoms with Gasteiger partial charge < -0.3 is 22.2 Å². The highest BCUT2D eigenvalue weighted by Crippen LogP contribution is 1.99. The quantitative estimate of drug-likeness (QED) is 0.236. The predicted molar refractivity (Wildman–Crippen MR) is 53.7 cm³/mol. The van der Waals surface area contributed by atoms with Crippen molar-refractivity contribution >= 4 is 0 Å². The van der Waals surface area contributed by atoms with Crippen LogP contribution in [-0.2, 0) is 0 Å². The number of hydrogen-bond acceptors (Lipinski definition) is 5. The molecule has 0 heterocycles. The lowest BCUT2D eigenvalue weighted by Gasteiger charge is -2.17. The Hall–Kier alpha value is -1.22. The first-order valence-electron chi connectivity index (χ1n) is 4.07. The van der Waals surface area contributed by atoms with Crippen molar-refractivity contribution in [3.63, 3.8) is 0 Å². The minimum Gasteiger partial charge on any atom is -0.399 e. The van der Waals surface area contributed by atoms with Crippen molar-refractivity contribution in [3.8, 4) is 11.8 Å². The monoisotopic (exact) mass is 183 g/mol. The number of hydrazine groups is 1. The van der Waals surface area contributed by atoms with Crippen molar-refractivity contribution in [2.24, 2.45) is 23.0 Å². The summed E-state index contributed by atoms with van der Waals surface area (Å²) in [6, 6.07) is 0. The molecule has 0 aromatic carbocycles. The molecule has 0 saturated carbocycles.